The Balaban J connectivity index is 1.66. The molecule has 0 radical (unpaired) electrons. The minimum Gasteiger partial charge on any atom is -0.507 e. The molecule has 0 amide bonds. The lowest BCUT2D eigenvalue weighted by molar-refractivity contribution is 0.122. The first kappa shape index (κ1) is 21.3. The van der Waals surface area contributed by atoms with Crippen LogP contribution in [0.4, 0.5) is 11.4 Å². The topological polar surface area (TPSA) is 126 Å². The molecule has 35 heavy (non-hydrogen) atoms. The van der Waals surface area contributed by atoms with E-state index in [0.29, 0.717) is 47.4 Å². The van der Waals surface area contributed by atoms with E-state index in [4.69, 9.17) is 15.9 Å². The Labute approximate surface area is 202 Å². The van der Waals surface area contributed by atoms with Crippen molar-refractivity contribution < 1.29 is 9.84 Å². The van der Waals surface area contributed by atoms with Crippen molar-refractivity contribution in [3.8, 4) is 34.2 Å². The number of rotatable bonds is 2. The Bertz CT molecular complexity index is 1440. The van der Waals surface area contributed by atoms with E-state index in [1.165, 1.54) is 6.07 Å². The molecule has 4 aromatic rings. The summed E-state index contributed by atoms with van der Waals surface area (Å²) in [4.78, 5) is 6.56. The zero-order chi connectivity index (χ0) is 24.1. The first-order valence-corrected chi connectivity index (χ1v) is 11.6. The van der Waals surface area contributed by atoms with Crippen molar-refractivity contribution in [3.05, 3.63) is 66.0 Å². The van der Waals surface area contributed by atoms with Crippen molar-refractivity contribution >= 4 is 17.1 Å². The summed E-state index contributed by atoms with van der Waals surface area (Å²) in [5, 5.41) is 28.8. The van der Waals surface area contributed by atoms with Gasteiger partial charge in [0.15, 0.2) is 11.6 Å². The summed E-state index contributed by atoms with van der Waals surface area (Å²) in [5.74, 6) is 0.825. The molecule has 2 aliphatic heterocycles. The van der Waals surface area contributed by atoms with Crippen LogP contribution in [0.2, 0.25) is 0 Å². The molecule has 0 aliphatic carbocycles. The average Bonchev–Trinajstić information content (AvgIpc) is 3.33. The van der Waals surface area contributed by atoms with Crippen LogP contribution in [0.15, 0.2) is 54.9 Å². The summed E-state index contributed by atoms with van der Waals surface area (Å²) in [7, 11) is 0. The number of benzene rings is 2. The van der Waals surface area contributed by atoms with Gasteiger partial charge >= 0.3 is 0 Å². The number of phenolic OH excluding ortho intramolecular Hbond substituents is 1. The molecular weight excluding hydrogens is 442 g/mol. The highest BCUT2D eigenvalue weighted by Gasteiger charge is 2.28. The van der Waals surface area contributed by atoms with Crippen LogP contribution in [0.25, 0.3) is 28.5 Å². The van der Waals surface area contributed by atoms with E-state index in [-0.39, 0.29) is 11.7 Å². The van der Waals surface area contributed by atoms with Crippen LogP contribution >= 0.6 is 0 Å². The van der Waals surface area contributed by atoms with Gasteiger partial charge in [-0.1, -0.05) is 6.92 Å². The molecule has 1 saturated heterocycles. The zero-order valence-corrected chi connectivity index (χ0v) is 19.3. The van der Waals surface area contributed by atoms with E-state index in [2.05, 4.69) is 32.2 Å². The van der Waals surface area contributed by atoms with Crippen LogP contribution in [-0.4, -0.2) is 56.9 Å². The molecule has 9 heteroatoms. The number of phenols is 1. The van der Waals surface area contributed by atoms with Gasteiger partial charge in [0, 0.05) is 71.4 Å². The maximum absolute atomic E-state index is 10.8. The number of pyridine rings is 1. The third kappa shape index (κ3) is 3.43. The molecule has 1 fully saturated rings. The van der Waals surface area contributed by atoms with Crippen LogP contribution < -0.4 is 10.6 Å². The van der Waals surface area contributed by atoms with Gasteiger partial charge < -0.3 is 25.9 Å². The lowest BCUT2D eigenvalue weighted by atomic mass is 9.87. The predicted molar refractivity (Wildman–Crippen MR) is 134 cm³/mol. The van der Waals surface area contributed by atoms with Gasteiger partial charge in [-0.05, 0) is 42.0 Å². The number of nitrogen functional groups attached to an aromatic ring is 1. The Hall–Kier alpha value is -4.24. The summed E-state index contributed by atoms with van der Waals surface area (Å²) >= 11 is 0. The van der Waals surface area contributed by atoms with E-state index in [1.54, 1.807) is 18.5 Å². The summed E-state index contributed by atoms with van der Waals surface area (Å²) < 4.78 is 7.50. The Morgan fingerprint density at radius 3 is 2.63 bits per heavy atom. The maximum atomic E-state index is 10.8. The second-order valence-corrected chi connectivity index (χ2v) is 8.86. The zero-order valence-electron chi connectivity index (χ0n) is 19.3. The van der Waals surface area contributed by atoms with E-state index >= 15 is 0 Å². The number of hydrogen-bond donors (Lipinski definition) is 3. The monoisotopic (exact) mass is 467 g/mol. The van der Waals surface area contributed by atoms with Crippen molar-refractivity contribution in [1.82, 2.24) is 19.7 Å². The van der Waals surface area contributed by atoms with E-state index < -0.39 is 0 Å². The average molecular weight is 468 g/mol. The summed E-state index contributed by atoms with van der Waals surface area (Å²) in [6, 6.07) is 13.2. The summed E-state index contributed by atoms with van der Waals surface area (Å²) in [6.07, 6.45) is 3.45. The van der Waals surface area contributed by atoms with Gasteiger partial charge in [0.25, 0.3) is 0 Å². The molecule has 4 N–H and O–H groups in total. The Morgan fingerprint density at radius 1 is 1.06 bits per heavy atom. The Morgan fingerprint density at radius 2 is 1.86 bits per heavy atom. The van der Waals surface area contributed by atoms with Crippen molar-refractivity contribution in [2.45, 2.75) is 12.8 Å². The Kier molecular flexibility index (Phi) is 5.00. The summed E-state index contributed by atoms with van der Waals surface area (Å²) in [5.41, 5.74) is 11.8. The molecule has 176 valence electrons. The number of nitrogens with one attached hydrogen (secondary N) is 1. The highest BCUT2D eigenvalue weighted by Crippen LogP contribution is 2.41. The van der Waals surface area contributed by atoms with Gasteiger partial charge in [-0.3, -0.25) is 9.55 Å². The number of hydrogen-bond acceptors (Lipinski definition) is 8. The number of aromatic nitrogens is 4. The van der Waals surface area contributed by atoms with Gasteiger partial charge in [-0.25, -0.2) is 0 Å². The largest absolute Gasteiger partial charge is 0.507 e. The quantitative estimate of drug-likeness (QED) is 0.385. The van der Waals surface area contributed by atoms with Gasteiger partial charge in [0.2, 0.25) is 0 Å². The molecule has 2 aliphatic rings. The minimum atomic E-state index is -0.243. The van der Waals surface area contributed by atoms with Gasteiger partial charge in [-0.15, -0.1) is 10.2 Å². The van der Waals surface area contributed by atoms with Crippen molar-refractivity contribution in [3.63, 3.8) is 0 Å². The molecule has 1 atom stereocenters. The maximum Gasteiger partial charge on any atom is 0.172 e. The molecule has 1 unspecified atom stereocenters. The highest BCUT2D eigenvalue weighted by molar-refractivity contribution is 6.08. The first-order chi connectivity index (χ1) is 17.0. The standard InChI is InChI=1S/C26H25N7O2/c1-15-18-11-17(4-5-22(18)32-7-9-35-10-8-32)33-25(16-3-2-6-29-14-16)30-31-26(33)20-12-19(24(15)28)21(27)13-23(20)34/h2-6,11-15,28,34H,7-10,27H2,1H3. The SMILES string of the molecule is CC1C(=N)c2cc(c(O)cc2N)-c2nnc(-c3cccnc3)n2-c2ccc(N3CCOCC3)c1c2. The molecule has 6 rings (SSSR count). The lowest BCUT2D eigenvalue weighted by Gasteiger charge is -2.33. The number of anilines is 2. The number of ether oxygens (including phenoxy) is 1. The first-order valence-electron chi connectivity index (χ1n) is 11.6. The fourth-order valence-corrected chi connectivity index (χ4v) is 4.91. The number of nitrogens with two attached hydrogens (primary N) is 1. The molecular formula is C26H25N7O2. The van der Waals surface area contributed by atoms with E-state index in [1.807, 2.05) is 29.7 Å². The van der Waals surface area contributed by atoms with Crippen LogP contribution in [0.1, 0.15) is 24.0 Å². The second-order valence-electron chi connectivity index (χ2n) is 8.86. The van der Waals surface area contributed by atoms with E-state index in [9.17, 15) is 5.11 Å². The molecule has 0 spiro atoms. The molecule has 0 saturated carbocycles. The number of fused-ring (bicyclic) bond motifs is 7. The smallest absolute Gasteiger partial charge is 0.172 e. The van der Waals surface area contributed by atoms with Crippen molar-refractivity contribution in [2.24, 2.45) is 0 Å². The van der Waals surface area contributed by atoms with Gasteiger partial charge in [0.05, 0.1) is 18.8 Å². The van der Waals surface area contributed by atoms with Gasteiger partial charge in [0.1, 0.15) is 5.75 Å². The van der Waals surface area contributed by atoms with Gasteiger partial charge in [-0.2, -0.15) is 0 Å². The third-order valence-electron chi connectivity index (χ3n) is 6.80. The number of aromatic hydroxyl groups is 1. The fourth-order valence-electron chi connectivity index (χ4n) is 4.91. The number of nitrogens with zero attached hydrogens (tertiary/aromatic N) is 5. The lowest BCUT2D eigenvalue weighted by Crippen LogP contribution is -2.37. The normalized spacial score (nSPS) is 17.2. The van der Waals surface area contributed by atoms with Crippen molar-refractivity contribution in [1.29, 1.82) is 5.41 Å². The third-order valence-corrected chi connectivity index (χ3v) is 6.80. The van der Waals surface area contributed by atoms with E-state index in [0.717, 1.165) is 35.6 Å². The van der Waals surface area contributed by atoms with Crippen LogP contribution in [0.5, 0.6) is 5.75 Å². The van der Waals surface area contributed by atoms with Crippen LogP contribution in [-0.2, 0) is 4.74 Å². The van der Waals surface area contributed by atoms with Crippen LogP contribution in [0.3, 0.4) is 0 Å². The minimum absolute atomic E-state index is 0.0103. The molecule has 4 heterocycles. The fraction of sp³-hybridized carbons (Fsp3) is 0.231. The summed E-state index contributed by atoms with van der Waals surface area (Å²) in [6.45, 7) is 4.94. The molecule has 2 aromatic carbocycles. The predicted octanol–water partition coefficient (Wildman–Crippen LogP) is 3.61. The highest BCUT2D eigenvalue weighted by atomic mass is 16.5. The molecule has 4 bridgehead atoms. The second kappa shape index (κ2) is 8.21. The number of morpholine rings is 1. The van der Waals surface area contributed by atoms with Crippen molar-refractivity contribution in [2.75, 3.05) is 36.9 Å². The molecule has 2 aromatic heterocycles. The van der Waals surface area contributed by atoms with Crippen LogP contribution in [0, 0.1) is 5.41 Å². The molecule has 9 nitrogen and oxygen atoms in total.